The summed E-state index contributed by atoms with van der Waals surface area (Å²) >= 11 is 6.41. The van der Waals surface area contributed by atoms with Crippen LogP contribution in [0.2, 0.25) is 5.02 Å². The lowest BCUT2D eigenvalue weighted by molar-refractivity contribution is 0.0642. The van der Waals surface area contributed by atoms with E-state index in [1.165, 1.54) is 11.1 Å². The molecule has 3 aliphatic heterocycles. The summed E-state index contributed by atoms with van der Waals surface area (Å²) in [5.41, 5.74) is 3.51. The van der Waals surface area contributed by atoms with Crippen LogP contribution in [0.25, 0.3) is 0 Å². The molecule has 7 rings (SSSR count). The van der Waals surface area contributed by atoms with Crippen molar-refractivity contribution in [3.8, 4) is 5.75 Å². The third kappa shape index (κ3) is 4.91. The maximum atomic E-state index is 13.4. The third-order valence-corrected chi connectivity index (χ3v) is 13.3. The Hall–Kier alpha value is -2.29. The summed E-state index contributed by atoms with van der Waals surface area (Å²) in [7, 11) is -3.84. The first-order chi connectivity index (χ1) is 20.1. The molecule has 1 saturated heterocycles. The predicted molar refractivity (Wildman–Crippen MR) is 164 cm³/mol. The van der Waals surface area contributed by atoms with Crippen molar-refractivity contribution in [3.63, 3.8) is 0 Å². The van der Waals surface area contributed by atoms with Crippen LogP contribution in [-0.2, 0) is 26.6 Å². The number of anilines is 1. The molecule has 2 fully saturated rings. The number of hydrogen-bond donors (Lipinski definition) is 1. The highest BCUT2D eigenvalue weighted by Gasteiger charge is 2.57. The zero-order valence-electron chi connectivity index (χ0n) is 24.5. The van der Waals surface area contributed by atoms with E-state index < -0.39 is 21.2 Å². The fourth-order valence-corrected chi connectivity index (χ4v) is 9.70. The molecular formula is C33H41ClN2O5S. The minimum absolute atomic E-state index is 0.0726. The van der Waals surface area contributed by atoms with Gasteiger partial charge in [0.2, 0.25) is 10.0 Å². The van der Waals surface area contributed by atoms with Crippen LogP contribution in [0, 0.1) is 17.8 Å². The van der Waals surface area contributed by atoms with E-state index in [1.54, 1.807) is 13.0 Å². The Kier molecular flexibility index (Phi) is 7.06. The number of nitrogens with zero attached hydrogens (tertiary/aromatic N) is 1. The number of ether oxygens (including phenoxy) is 2. The molecule has 1 saturated carbocycles. The molecule has 0 unspecified atom stereocenters. The van der Waals surface area contributed by atoms with Crippen LogP contribution in [0.5, 0.6) is 5.75 Å². The Morgan fingerprint density at radius 3 is 2.62 bits per heavy atom. The number of benzene rings is 2. The zero-order valence-corrected chi connectivity index (χ0v) is 26.1. The first kappa shape index (κ1) is 28.5. The van der Waals surface area contributed by atoms with Crippen molar-refractivity contribution in [1.82, 2.24) is 4.72 Å². The van der Waals surface area contributed by atoms with Gasteiger partial charge in [-0.3, -0.25) is 4.79 Å². The largest absolute Gasteiger partial charge is 0.490 e. The Labute approximate surface area is 254 Å². The van der Waals surface area contributed by atoms with Gasteiger partial charge in [0, 0.05) is 29.1 Å². The van der Waals surface area contributed by atoms with Gasteiger partial charge >= 0.3 is 0 Å². The molecule has 2 aliphatic carbocycles. The summed E-state index contributed by atoms with van der Waals surface area (Å²) in [6.07, 6.45) is 8.06. The van der Waals surface area contributed by atoms with Crippen molar-refractivity contribution in [2.75, 3.05) is 31.2 Å². The molecule has 9 heteroatoms. The van der Waals surface area contributed by atoms with Gasteiger partial charge in [-0.25, -0.2) is 13.1 Å². The number of amides is 1. The highest BCUT2D eigenvalue weighted by molar-refractivity contribution is 7.90. The second-order valence-corrected chi connectivity index (χ2v) is 16.1. The van der Waals surface area contributed by atoms with Crippen LogP contribution in [0.4, 0.5) is 5.69 Å². The number of sulfonamides is 1. The van der Waals surface area contributed by atoms with Gasteiger partial charge in [0.15, 0.2) is 0 Å². The lowest BCUT2D eigenvalue weighted by Crippen LogP contribution is -2.50. The molecule has 5 aliphatic rings. The first-order valence-electron chi connectivity index (χ1n) is 15.6. The van der Waals surface area contributed by atoms with E-state index in [0.717, 1.165) is 87.5 Å². The summed E-state index contributed by atoms with van der Waals surface area (Å²) in [5, 5.41) is 0.0808. The topological polar surface area (TPSA) is 88.2 Å². The number of carbonyl (C=O) groups is 1. The molecule has 1 N–H and O–H groups in total. The molecule has 0 aromatic heterocycles. The normalized spacial score (nSPS) is 35.7. The maximum Gasteiger partial charge on any atom is 0.264 e. The number of carbonyl (C=O) groups excluding carboxylic acids is 1. The van der Waals surface area contributed by atoms with Crippen LogP contribution in [0.15, 0.2) is 36.4 Å². The van der Waals surface area contributed by atoms with Crippen molar-refractivity contribution in [2.45, 2.75) is 81.5 Å². The number of rotatable bonds is 0. The van der Waals surface area contributed by atoms with E-state index >= 15 is 0 Å². The van der Waals surface area contributed by atoms with Crippen molar-refractivity contribution in [1.29, 1.82) is 0 Å². The standard InChI is InChI=1S/C33H41ClN2O5S/c1-21-5-3-14-33(20-41-33)28-10-7-25(28)17-36-18-32(13-4-6-23-15-26(34)9-11-27(23)32)19-40-30-12-8-24(16-29(30)36)31(37)35-42(38,39)22(21)2/h8-9,11-12,15-16,21-22,25,28H,3-7,10,13-14,17-20H2,1-2H3,(H,35,37)/t21-,22+,25-,28+,32-,33+/m0/s1. The number of aryl methyl sites for hydroxylation is 1. The van der Waals surface area contributed by atoms with Crippen LogP contribution in [-0.4, -0.2) is 51.5 Å². The molecule has 0 radical (unpaired) electrons. The molecule has 2 spiro atoms. The van der Waals surface area contributed by atoms with Crippen molar-refractivity contribution < 1.29 is 22.7 Å². The summed E-state index contributed by atoms with van der Waals surface area (Å²) in [6, 6.07) is 11.6. The van der Waals surface area contributed by atoms with Crippen LogP contribution < -0.4 is 14.4 Å². The lowest BCUT2D eigenvalue weighted by atomic mass is 9.65. The molecule has 42 heavy (non-hydrogen) atoms. The molecule has 2 aromatic rings. The molecular weight excluding hydrogens is 572 g/mol. The minimum Gasteiger partial charge on any atom is -0.490 e. The lowest BCUT2D eigenvalue weighted by Gasteiger charge is -2.46. The molecule has 6 atom stereocenters. The molecule has 2 bridgehead atoms. The van der Waals surface area contributed by atoms with Crippen molar-refractivity contribution >= 4 is 33.2 Å². The summed E-state index contributed by atoms with van der Waals surface area (Å²) in [6.45, 7) is 6.64. The van der Waals surface area contributed by atoms with Crippen LogP contribution in [0.1, 0.15) is 80.3 Å². The van der Waals surface area contributed by atoms with Crippen molar-refractivity contribution in [2.24, 2.45) is 17.8 Å². The van der Waals surface area contributed by atoms with Gasteiger partial charge in [-0.1, -0.05) is 31.0 Å². The fraction of sp³-hybridized carbons (Fsp3) is 0.606. The smallest absolute Gasteiger partial charge is 0.264 e. The minimum atomic E-state index is -3.84. The van der Waals surface area contributed by atoms with Gasteiger partial charge in [-0.05, 0) is 111 Å². The Morgan fingerprint density at radius 2 is 1.86 bits per heavy atom. The van der Waals surface area contributed by atoms with E-state index in [2.05, 4.69) is 21.8 Å². The maximum absolute atomic E-state index is 13.4. The summed E-state index contributed by atoms with van der Waals surface area (Å²) in [4.78, 5) is 15.8. The van der Waals surface area contributed by atoms with Gasteiger partial charge in [0.1, 0.15) is 5.75 Å². The first-order valence-corrected chi connectivity index (χ1v) is 17.5. The number of hydrogen-bond acceptors (Lipinski definition) is 6. The van der Waals surface area contributed by atoms with Crippen LogP contribution in [0.3, 0.4) is 0 Å². The van der Waals surface area contributed by atoms with E-state index in [4.69, 9.17) is 21.1 Å². The third-order valence-electron chi connectivity index (χ3n) is 11.1. The van der Waals surface area contributed by atoms with Gasteiger partial charge < -0.3 is 14.4 Å². The highest BCUT2D eigenvalue weighted by Crippen LogP contribution is 2.54. The molecule has 7 nitrogen and oxygen atoms in total. The van der Waals surface area contributed by atoms with Crippen molar-refractivity contribution in [3.05, 3.63) is 58.1 Å². The van der Waals surface area contributed by atoms with E-state index in [1.807, 2.05) is 25.1 Å². The van der Waals surface area contributed by atoms with Gasteiger partial charge in [-0.15, -0.1) is 0 Å². The summed E-state index contributed by atoms with van der Waals surface area (Å²) < 4.78 is 41.7. The number of fused-ring (bicyclic) bond motifs is 5. The van der Waals surface area contributed by atoms with E-state index in [9.17, 15) is 13.2 Å². The van der Waals surface area contributed by atoms with Gasteiger partial charge in [-0.2, -0.15) is 0 Å². The summed E-state index contributed by atoms with van der Waals surface area (Å²) in [5.74, 6) is 1.06. The second kappa shape index (κ2) is 10.4. The molecule has 2 aromatic carbocycles. The number of halogens is 1. The SMILES string of the molecule is C[C@@H]1[C@@H](C)CCC[C@@]2(CO2)[C@@H]2CC[C@H]2CN2C[C@@]3(CCCc4cc(Cl)ccc43)COc3ccc(cc32)C(=O)NS1(=O)=O. The molecule has 1 amide bonds. The number of nitrogens with one attached hydrogen (secondary N) is 1. The zero-order chi connectivity index (χ0) is 29.3. The Bertz CT molecular complexity index is 1510. The van der Waals surface area contributed by atoms with Gasteiger partial charge in [0.25, 0.3) is 5.91 Å². The Morgan fingerprint density at radius 1 is 1.02 bits per heavy atom. The average molecular weight is 613 g/mol. The van der Waals surface area contributed by atoms with E-state index in [-0.39, 0.29) is 16.9 Å². The monoisotopic (exact) mass is 612 g/mol. The second-order valence-electron chi connectivity index (χ2n) is 13.6. The predicted octanol–water partition coefficient (Wildman–Crippen LogP) is 5.88. The Balaban J connectivity index is 1.30. The highest BCUT2D eigenvalue weighted by atomic mass is 35.5. The van der Waals surface area contributed by atoms with Crippen LogP contribution >= 0.6 is 11.6 Å². The number of epoxide rings is 1. The van der Waals surface area contributed by atoms with Gasteiger partial charge in [0.05, 0.1) is 29.8 Å². The molecule has 3 heterocycles. The average Bonchev–Trinajstić information content (AvgIpc) is 3.73. The quantitative estimate of drug-likeness (QED) is 0.374. The fourth-order valence-electron chi connectivity index (χ4n) is 8.20. The molecule has 226 valence electrons. The van der Waals surface area contributed by atoms with E-state index in [0.29, 0.717) is 24.0 Å².